The fraction of sp³-hybridized carbons (Fsp3) is 0.231. The van der Waals surface area contributed by atoms with E-state index in [-0.39, 0.29) is 6.04 Å². The number of hydrogen-bond acceptors (Lipinski definition) is 4. The van der Waals surface area contributed by atoms with Gasteiger partial charge in [0.2, 0.25) is 0 Å². The van der Waals surface area contributed by atoms with Gasteiger partial charge in [-0.3, -0.25) is 0 Å². The van der Waals surface area contributed by atoms with Gasteiger partial charge in [0.1, 0.15) is 11.5 Å². The smallest absolute Gasteiger partial charge is 0.133 e. The first-order valence-electron chi connectivity index (χ1n) is 5.37. The summed E-state index contributed by atoms with van der Waals surface area (Å²) in [7, 11) is 3.27. The van der Waals surface area contributed by atoms with Gasteiger partial charge in [-0.2, -0.15) is 0 Å². The van der Waals surface area contributed by atoms with Crippen molar-refractivity contribution in [2.24, 2.45) is 5.73 Å². The third-order valence-corrected chi connectivity index (χ3v) is 4.26. The van der Waals surface area contributed by atoms with Crippen molar-refractivity contribution in [1.29, 1.82) is 0 Å². The normalized spacial score (nSPS) is 12.2. The van der Waals surface area contributed by atoms with Gasteiger partial charge in [-0.05, 0) is 39.5 Å². The maximum absolute atomic E-state index is 6.27. The first-order chi connectivity index (χ1) is 8.67. The molecule has 1 aromatic carbocycles. The second-order valence-corrected chi connectivity index (χ2v) is 5.56. The lowest BCUT2D eigenvalue weighted by atomic mass is 10.0. The number of benzene rings is 1. The molecule has 1 atom stereocenters. The summed E-state index contributed by atoms with van der Waals surface area (Å²) in [5.41, 5.74) is 7.19. The van der Waals surface area contributed by atoms with Gasteiger partial charge in [0.15, 0.2) is 0 Å². The van der Waals surface area contributed by atoms with E-state index in [0.29, 0.717) is 0 Å². The van der Waals surface area contributed by atoms with E-state index in [1.165, 1.54) is 0 Å². The second-order valence-electron chi connectivity index (χ2n) is 3.72. The van der Waals surface area contributed by atoms with Crippen molar-refractivity contribution in [3.8, 4) is 11.5 Å². The van der Waals surface area contributed by atoms with Crippen LogP contribution in [0.5, 0.6) is 11.5 Å². The SMILES string of the molecule is COc1cc([C@H](N)c2cccs2)c(OC)cc1Br. The molecule has 96 valence electrons. The highest BCUT2D eigenvalue weighted by Gasteiger charge is 2.17. The van der Waals surface area contributed by atoms with Crippen LogP contribution in [-0.2, 0) is 0 Å². The van der Waals surface area contributed by atoms with Crippen LogP contribution in [0, 0.1) is 0 Å². The molecule has 5 heteroatoms. The molecular weight excluding hydrogens is 314 g/mol. The molecule has 0 aliphatic carbocycles. The highest BCUT2D eigenvalue weighted by atomic mass is 79.9. The summed E-state index contributed by atoms with van der Waals surface area (Å²) in [6, 6.07) is 7.59. The van der Waals surface area contributed by atoms with E-state index in [1.54, 1.807) is 25.6 Å². The number of rotatable bonds is 4. The summed E-state index contributed by atoms with van der Waals surface area (Å²) in [5.74, 6) is 1.50. The van der Waals surface area contributed by atoms with Crippen molar-refractivity contribution in [3.63, 3.8) is 0 Å². The van der Waals surface area contributed by atoms with E-state index in [0.717, 1.165) is 26.4 Å². The zero-order valence-electron chi connectivity index (χ0n) is 10.1. The number of halogens is 1. The molecule has 0 aliphatic heterocycles. The first kappa shape index (κ1) is 13.4. The molecule has 0 fully saturated rings. The summed E-state index contributed by atoms with van der Waals surface area (Å²) in [5, 5.41) is 2.01. The van der Waals surface area contributed by atoms with E-state index in [9.17, 15) is 0 Å². The summed E-state index contributed by atoms with van der Waals surface area (Å²) in [4.78, 5) is 1.10. The van der Waals surface area contributed by atoms with Gasteiger partial charge >= 0.3 is 0 Å². The molecule has 18 heavy (non-hydrogen) atoms. The summed E-state index contributed by atoms with van der Waals surface area (Å²) in [6.45, 7) is 0. The molecule has 1 heterocycles. The Kier molecular flexibility index (Phi) is 4.27. The molecule has 0 bridgehead atoms. The Bertz CT molecular complexity index is 528. The number of ether oxygens (including phenoxy) is 2. The molecule has 2 aromatic rings. The largest absolute Gasteiger partial charge is 0.496 e. The quantitative estimate of drug-likeness (QED) is 0.933. The van der Waals surface area contributed by atoms with Gasteiger partial charge in [0.25, 0.3) is 0 Å². The predicted molar refractivity (Wildman–Crippen MR) is 77.6 cm³/mol. The molecule has 0 unspecified atom stereocenters. The van der Waals surface area contributed by atoms with Crippen LogP contribution in [0.15, 0.2) is 34.1 Å². The lowest BCUT2D eigenvalue weighted by Crippen LogP contribution is -2.12. The van der Waals surface area contributed by atoms with E-state index < -0.39 is 0 Å². The van der Waals surface area contributed by atoms with Gasteiger partial charge in [-0.25, -0.2) is 0 Å². The van der Waals surface area contributed by atoms with Crippen molar-refractivity contribution in [1.82, 2.24) is 0 Å². The third-order valence-electron chi connectivity index (χ3n) is 2.69. The van der Waals surface area contributed by atoms with Gasteiger partial charge in [-0.1, -0.05) is 6.07 Å². The fourth-order valence-electron chi connectivity index (χ4n) is 1.75. The zero-order chi connectivity index (χ0) is 13.1. The molecule has 0 spiro atoms. The molecule has 0 radical (unpaired) electrons. The van der Waals surface area contributed by atoms with Crippen molar-refractivity contribution < 1.29 is 9.47 Å². The van der Waals surface area contributed by atoms with Crippen LogP contribution in [0.1, 0.15) is 16.5 Å². The van der Waals surface area contributed by atoms with Gasteiger partial charge in [0, 0.05) is 10.4 Å². The number of thiophene rings is 1. The highest BCUT2D eigenvalue weighted by molar-refractivity contribution is 9.10. The Morgan fingerprint density at radius 2 is 1.94 bits per heavy atom. The number of hydrogen-bond donors (Lipinski definition) is 1. The lowest BCUT2D eigenvalue weighted by molar-refractivity contribution is 0.395. The Morgan fingerprint density at radius 3 is 2.50 bits per heavy atom. The minimum atomic E-state index is -0.207. The summed E-state index contributed by atoms with van der Waals surface area (Å²) in [6.07, 6.45) is 0. The van der Waals surface area contributed by atoms with Crippen molar-refractivity contribution >= 4 is 27.3 Å². The van der Waals surface area contributed by atoms with Crippen molar-refractivity contribution in [2.45, 2.75) is 6.04 Å². The van der Waals surface area contributed by atoms with Crippen LogP contribution >= 0.6 is 27.3 Å². The zero-order valence-corrected chi connectivity index (χ0v) is 12.5. The average Bonchev–Trinajstić information content (AvgIpc) is 2.91. The van der Waals surface area contributed by atoms with Crippen LogP contribution < -0.4 is 15.2 Å². The topological polar surface area (TPSA) is 44.5 Å². The standard InChI is InChI=1S/C13H14BrNO2S/c1-16-10-7-9(14)11(17-2)6-8(10)13(15)12-4-3-5-18-12/h3-7,13H,15H2,1-2H3/t13-/m0/s1. The fourth-order valence-corrected chi connectivity index (χ4v) is 2.98. The molecule has 0 saturated heterocycles. The van der Waals surface area contributed by atoms with Crippen molar-refractivity contribution in [3.05, 3.63) is 44.6 Å². The summed E-state index contributed by atoms with van der Waals surface area (Å²) < 4.78 is 11.5. The maximum Gasteiger partial charge on any atom is 0.133 e. The van der Waals surface area contributed by atoms with E-state index in [2.05, 4.69) is 15.9 Å². The van der Waals surface area contributed by atoms with Gasteiger partial charge in [-0.15, -0.1) is 11.3 Å². The van der Waals surface area contributed by atoms with E-state index in [4.69, 9.17) is 15.2 Å². The Morgan fingerprint density at radius 1 is 1.22 bits per heavy atom. The summed E-state index contributed by atoms with van der Waals surface area (Å²) >= 11 is 5.07. The molecular formula is C13H14BrNO2S. The Balaban J connectivity index is 2.48. The van der Waals surface area contributed by atoms with Crippen LogP contribution in [0.25, 0.3) is 0 Å². The Labute approximate surface area is 119 Å². The first-order valence-corrected chi connectivity index (χ1v) is 7.05. The minimum absolute atomic E-state index is 0.207. The molecule has 0 amide bonds. The van der Waals surface area contributed by atoms with Crippen LogP contribution in [0.3, 0.4) is 0 Å². The molecule has 0 aliphatic rings. The highest BCUT2D eigenvalue weighted by Crippen LogP contribution is 2.37. The lowest BCUT2D eigenvalue weighted by Gasteiger charge is -2.16. The van der Waals surface area contributed by atoms with Crippen LogP contribution in [0.4, 0.5) is 0 Å². The number of methoxy groups -OCH3 is 2. The van der Waals surface area contributed by atoms with Crippen LogP contribution in [-0.4, -0.2) is 14.2 Å². The van der Waals surface area contributed by atoms with Crippen LogP contribution in [0.2, 0.25) is 0 Å². The Hall–Kier alpha value is -1.04. The van der Waals surface area contributed by atoms with Crippen molar-refractivity contribution in [2.75, 3.05) is 14.2 Å². The van der Waals surface area contributed by atoms with Gasteiger partial charge < -0.3 is 15.2 Å². The number of nitrogens with two attached hydrogens (primary N) is 1. The molecule has 1 aromatic heterocycles. The predicted octanol–water partition coefficient (Wildman–Crippen LogP) is 3.58. The molecule has 0 saturated carbocycles. The third kappa shape index (κ3) is 2.53. The van der Waals surface area contributed by atoms with Gasteiger partial charge in [0.05, 0.1) is 24.7 Å². The molecule has 3 nitrogen and oxygen atoms in total. The van der Waals surface area contributed by atoms with E-state index in [1.807, 2.05) is 29.6 Å². The second kappa shape index (κ2) is 5.73. The minimum Gasteiger partial charge on any atom is -0.496 e. The molecule has 2 rings (SSSR count). The maximum atomic E-state index is 6.27. The monoisotopic (exact) mass is 327 g/mol. The average molecular weight is 328 g/mol. The van der Waals surface area contributed by atoms with E-state index >= 15 is 0 Å². The molecule has 2 N–H and O–H groups in total.